The van der Waals surface area contributed by atoms with Crippen molar-refractivity contribution in [2.45, 2.75) is 10.6 Å². The Bertz CT molecular complexity index is 643. The third-order valence-electron chi connectivity index (χ3n) is 2.99. The lowest BCUT2D eigenvalue weighted by Crippen LogP contribution is -2.04. The highest BCUT2D eigenvalue weighted by molar-refractivity contribution is 7.98. The predicted octanol–water partition coefficient (Wildman–Crippen LogP) is 3.36. The van der Waals surface area contributed by atoms with E-state index in [1.807, 2.05) is 30.3 Å². The van der Waals surface area contributed by atoms with Gasteiger partial charge >= 0.3 is 5.97 Å². The molecule has 4 nitrogen and oxygen atoms in total. The summed E-state index contributed by atoms with van der Waals surface area (Å²) >= 11 is 1.59. The zero-order valence-electron chi connectivity index (χ0n) is 12.0. The van der Waals surface area contributed by atoms with Gasteiger partial charge in [0.15, 0.2) is 0 Å². The molecule has 0 heterocycles. The van der Waals surface area contributed by atoms with Crippen LogP contribution in [0.5, 0.6) is 5.75 Å². The second kappa shape index (κ2) is 7.04. The van der Waals surface area contributed by atoms with E-state index in [4.69, 9.17) is 15.2 Å². The summed E-state index contributed by atoms with van der Waals surface area (Å²) in [7, 11) is 3.00. The molecule has 0 atom stereocenters. The van der Waals surface area contributed by atoms with Crippen LogP contribution in [0.2, 0.25) is 0 Å². The minimum Gasteiger partial charge on any atom is -0.496 e. The summed E-state index contributed by atoms with van der Waals surface area (Å²) in [5, 5.41) is 0. The molecule has 0 amide bonds. The van der Waals surface area contributed by atoms with E-state index in [2.05, 4.69) is 0 Å². The molecule has 0 aromatic heterocycles. The number of nitrogen functional groups attached to an aromatic ring is 1. The second-order valence-electron chi connectivity index (χ2n) is 4.35. The first-order chi connectivity index (χ1) is 10.2. The van der Waals surface area contributed by atoms with Crippen molar-refractivity contribution in [1.29, 1.82) is 0 Å². The molecule has 2 aromatic rings. The Hall–Kier alpha value is -2.14. The Morgan fingerprint density at radius 1 is 1.19 bits per heavy atom. The largest absolute Gasteiger partial charge is 0.496 e. The van der Waals surface area contributed by atoms with Gasteiger partial charge in [0, 0.05) is 22.4 Å². The highest BCUT2D eigenvalue weighted by Gasteiger charge is 2.12. The summed E-state index contributed by atoms with van der Waals surface area (Å²) in [5.74, 6) is 1.05. The lowest BCUT2D eigenvalue weighted by atomic mass is 10.1. The van der Waals surface area contributed by atoms with Gasteiger partial charge in [0.05, 0.1) is 19.8 Å². The fraction of sp³-hybridized carbons (Fsp3) is 0.188. The number of thioether (sulfide) groups is 1. The van der Waals surface area contributed by atoms with E-state index < -0.39 is 0 Å². The predicted molar refractivity (Wildman–Crippen MR) is 84.7 cm³/mol. The first-order valence-electron chi connectivity index (χ1n) is 6.38. The highest BCUT2D eigenvalue weighted by atomic mass is 32.2. The number of benzene rings is 2. The summed E-state index contributed by atoms with van der Waals surface area (Å²) in [6.45, 7) is 0. The van der Waals surface area contributed by atoms with Crippen LogP contribution in [0.1, 0.15) is 15.9 Å². The van der Waals surface area contributed by atoms with Gasteiger partial charge < -0.3 is 15.2 Å². The number of hydrogen-bond acceptors (Lipinski definition) is 5. The van der Waals surface area contributed by atoms with E-state index in [1.165, 1.54) is 7.11 Å². The van der Waals surface area contributed by atoms with Crippen LogP contribution in [-0.2, 0) is 10.5 Å². The topological polar surface area (TPSA) is 61.5 Å². The SMILES string of the molecule is COC(=O)c1ccccc1CSc1ccc(N)cc1OC. The minimum absolute atomic E-state index is 0.324. The van der Waals surface area contributed by atoms with E-state index in [1.54, 1.807) is 31.0 Å². The molecule has 110 valence electrons. The first kappa shape index (κ1) is 15.3. The van der Waals surface area contributed by atoms with Crippen LogP contribution < -0.4 is 10.5 Å². The van der Waals surface area contributed by atoms with Crippen molar-refractivity contribution in [3.05, 3.63) is 53.6 Å². The molecule has 2 aromatic carbocycles. The van der Waals surface area contributed by atoms with Crippen LogP contribution in [0.3, 0.4) is 0 Å². The van der Waals surface area contributed by atoms with Crippen molar-refractivity contribution < 1.29 is 14.3 Å². The lowest BCUT2D eigenvalue weighted by molar-refractivity contribution is 0.0600. The third-order valence-corrected chi connectivity index (χ3v) is 4.10. The lowest BCUT2D eigenvalue weighted by Gasteiger charge is -2.10. The van der Waals surface area contributed by atoms with Gasteiger partial charge in [-0.25, -0.2) is 4.79 Å². The maximum absolute atomic E-state index is 11.7. The van der Waals surface area contributed by atoms with E-state index in [9.17, 15) is 4.79 Å². The number of nitrogens with two attached hydrogens (primary N) is 1. The average molecular weight is 303 g/mol. The molecule has 0 saturated heterocycles. The molecule has 2 N–H and O–H groups in total. The van der Waals surface area contributed by atoms with Gasteiger partial charge in [-0.05, 0) is 23.8 Å². The summed E-state index contributed by atoms with van der Waals surface area (Å²) in [6.07, 6.45) is 0. The van der Waals surface area contributed by atoms with Gasteiger partial charge in [-0.3, -0.25) is 0 Å². The molecule has 0 spiro atoms. The number of carbonyl (C=O) groups excluding carboxylic acids is 1. The van der Waals surface area contributed by atoms with Crippen LogP contribution in [0.15, 0.2) is 47.4 Å². The Labute approximate surface area is 128 Å². The third kappa shape index (κ3) is 3.70. The molecule has 5 heteroatoms. The molecule has 2 rings (SSSR count). The molecule has 0 radical (unpaired) electrons. The molecule has 0 bridgehead atoms. The molecule has 0 aliphatic heterocycles. The number of anilines is 1. The van der Waals surface area contributed by atoms with Crippen LogP contribution in [0.4, 0.5) is 5.69 Å². The standard InChI is InChI=1S/C16H17NO3S/c1-19-14-9-12(17)7-8-15(14)21-10-11-5-3-4-6-13(11)16(18)20-2/h3-9H,10,17H2,1-2H3. The second-order valence-corrected chi connectivity index (χ2v) is 5.36. The van der Waals surface area contributed by atoms with Crippen LogP contribution >= 0.6 is 11.8 Å². The van der Waals surface area contributed by atoms with E-state index in [0.717, 1.165) is 16.2 Å². The van der Waals surface area contributed by atoms with Crippen molar-refractivity contribution in [2.75, 3.05) is 20.0 Å². The molecule has 0 unspecified atom stereocenters. The number of hydrogen-bond donors (Lipinski definition) is 1. The fourth-order valence-electron chi connectivity index (χ4n) is 1.91. The summed E-state index contributed by atoms with van der Waals surface area (Å²) in [6, 6.07) is 12.9. The van der Waals surface area contributed by atoms with Gasteiger partial charge in [-0.2, -0.15) is 0 Å². The molecular weight excluding hydrogens is 286 g/mol. The van der Waals surface area contributed by atoms with Gasteiger partial charge in [-0.15, -0.1) is 11.8 Å². The van der Waals surface area contributed by atoms with Crippen molar-refractivity contribution in [3.63, 3.8) is 0 Å². The van der Waals surface area contributed by atoms with Gasteiger partial charge in [0.1, 0.15) is 5.75 Å². The summed E-state index contributed by atoms with van der Waals surface area (Å²) < 4.78 is 10.1. The summed E-state index contributed by atoms with van der Waals surface area (Å²) in [5.41, 5.74) is 7.91. The van der Waals surface area contributed by atoms with Crippen LogP contribution in [0, 0.1) is 0 Å². The molecular formula is C16H17NO3S. The number of rotatable bonds is 5. The van der Waals surface area contributed by atoms with E-state index in [-0.39, 0.29) is 5.97 Å². The Morgan fingerprint density at radius 3 is 2.67 bits per heavy atom. The first-order valence-corrected chi connectivity index (χ1v) is 7.36. The molecule has 0 fully saturated rings. The van der Waals surface area contributed by atoms with Crippen molar-refractivity contribution >= 4 is 23.4 Å². The van der Waals surface area contributed by atoms with E-state index >= 15 is 0 Å². The maximum atomic E-state index is 11.7. The van der Waals surface area contributed by atoms with Crippen molar-refractivity contribution in [3.8, 4) is 5.75 Å². The molecule has 0 saturated carbocycles. The number of methoxy groups -OCH3 is 2. The van der Waals surface area contributed by atoms with E-state index in [0.29, 0.717) is 17.0 Å². The van der Waals surface area contributed by atoms with Gasteiger partial charge in [0.25, 0.3) is 0 Å². The summed E-state index contributed by atoms with van der Waals surface area (Å²) in [4.78, 5) is 12.7. The zero-order chi connectivity index (χ0) is 15.2. The number of esters is 1. The molecule has 21 heavy (non-hydrogen) atoms. The smallest absolute Gasteiger partial charge is 0.338 e. The molecule has 0 aliphatic carbocycles. The minimum atomic E-state index is -0.324. The number of carbonyl (C=O) groups is 1. The van der Waals surface area contributed by atoms with Gasteiger partial charge in [-0.1, -0.05) is 18.2 Å². The Kier molecular flexibility index (Phi) is 5.11. The average Bonchev–Trinajstić information content (AvgIpc) is 2.53. The van der Waals surface area contributed by atoms with Crippen molar-refractivity contribution in [1.82, 2.24) is 0 Å². The van der Waals surface area contributed by atoms with Crippen molar-refractivity contribution in [2.24, 2.45) is 0 Å². The monoisotopic (exact) mass is 303 g/mol. The van der Waals surface area contributed by atoms with Crippen LogP contribution in [0.25, 0.3) is 0 Å². The fourth-order valence-corrected chi connectivity index (χ4v) is 2.93. The Morgan fingerprint density at radius 2 is 1.95 bits per heavy atom. The quantitative estimate of drug-likeness (QED) is 0.521. The normalized spacial score (nSPS) is 10.2. The maximum Gasteiger partial charge on any atom is 0.338 e. The zero-order valence-corrected chi connectivity index (χ0v) is 12.8. The van der Waals surface area contributed by atoms with Crippen LogP contribution in [-0.4, -0.2) is 20.2 Å². The number of ether oxygens (including phenoxy) is 2. The Balaban J connectivity index is 2.19. The van der Waals surface area contributed by atoms with Gasteiger partial charge in [0.2, 0.25) is 0 Å². The highest BCUT2D eigenvalue weighted by Crippen LogP contribution is 2.33. The molecule has 0 aliphatic rings.